The second-order valence-electron chi connectivity index (χ2n) is 7.73. The number of nitrogens with zero attached hydrogens (tertiary/aromatic N) is 2. The van der Waals surface area contributed by atoms with Crippen molar-refractivity contribution in [1.82, 2.24) is 9.80 Å². The number of amides is 1. The number of aliphatic carboxylic acids is 2. The molecule has 2 saturated heterocycles. The number of carbonyl (C=O) groups excluding carboxylic acids is 1. The van der Waals surface area contributed by atoms with Gasteiger partial charge in [-0.15, -0.1) is 0 Å². The highest BCUT2D eigenvalue weighted by Gasteiger charge is 2.29. The van der Waals surface area contributed by atoms with Crippen LogP contribution in [0.3, 0.4) is 0 Å². The Morgan fingerprint density at radius 2 is 1.55 bits per heavy atom. The van der Waals surface area contributed by atoms with Crippen molar-refractivity contribution in [1.29, 1.82) is 0 Å². The summed E-state index contributed by atoms with van der Waals surface area (Å²) in [5.41, 5.74) is 1.42. The molecule has 0 spiro atoms. The summed E-state index contributed by atoms with van der Waals surface area (Å²) in [7, 11) is 0. The van der Waals surface area contributed by atoms with Gasteiger partial charge in [-0.1, -0.05) is 30.3 Å². The summed E-state index contributed by atoms with van der Waals surface area (Å²) in [6, 6.07) is 10.7. The number of hydrogen-bond acceptors (Lipinski definition) is 4. The minimum Gasteiger partial charge on any atom is -0.473 e. The van der Waals surface area contributed by atoms with Crippen LogP contribution in [0.5, 0.6) is 0 Å². The Hall–Kier alpha value is -2.41. The first kappa shape index (κ1) is 22.9. The Morgan fingerprint density at radius 1 is 0.897 bits per heavy atom. The molecule has 7 nitrogen and oxygen atoms in total. The van der Waals surface area contributed by atoms with Crippen molar-refractivity contribution in [2.24, 2.45) is 5.92 Å². The van der Waals surface area contributed by atoms with Gasteiger partial charge in [0.25, 0.3) is 0 Å². The zero-order valence-corrected chi connectivity index (χ0v) is 17.0. The van der Waals surface area contributed by atoms with E-state index in [1.54, 1.807) is 0 Å². The first-order valence-corrected chi connectivity index (χ1v) is 10.5. The van der Waals surface area contributed by atoms with Crippen molar-refractivity contribution in [3.8, 4) is 0 Å². The third-order valence-electron chi connectivity index (χ3n) is 5.49. The molecule has 1 unspecified atom stereocenters. The zero-order chi connectivity index (χ0) is 21.1. The van der Waals surface area contributed by atoms with Crippen molar-refractivity contribution in [2.75, 3.05) is 32.7 Å². The number of aryl methyl sites for hydroxylation is 1. The molecular formula is C22H32N2O5. The van der Waals surface area contributed by atoms with Gasteiger partial charge >= 0.3 is 11.9 Å². The smallest absolute Gasteiger partial charge is 0.414 e. The molecule has 1 aromatic rings. The molecule has 1 atom stereocenters. The molecule has 29 heavy (non-hydrogen) atoms. The lowest BCUT2D eigenvalue weighted by Crippen LogP contribution is -2.46. The van der Waals surface area contributed by atoms with Crippen LogP contribution in [0, 0.1) is 5.92 Å². The van der Waals surface area contributed by atoms with Gasteiger partial charge in [0.15, 0.2) is 0 Å². The highest BCUT2D eigenvalue weighted by molar-refractivity contribution is 6.27. The minimum atomic E-state index is -1.82. The van der Waals surface area contributed by atoms with Crippen LogP contribution >= 0.6 is 0 Å². The lowest BCUT2D eigenvalue weighted by molar-refractivity contribution is -0.159. The Balaban J connectivity index is 0.000000438. The molecule has 0 aliphatic carbocycles. The van der Waals surface area contributed by atoms with Crippen molar-refractivity contribution in [2.45, 2.75) is 44.9 Å². The maximum atomic E-state index is 12.7. The topological polar surface area (TPSA) is 98.2 Å². The van der Waals surface area contributed by atoms with Gasteiger partial charge in [0.05, 0.1) is 5.92 Å². The lowest BCUT2D eigenvalue weighted by Gasteiger charge is -2.36. The average Bonchev–Trinajstić information content (AvgIpc) is 2.75. The van der Waals surface area contributed by atoms with E-state index in [2.05, 4.69) is 40.1 Å². The van der Waals surface area contributed by atoms with E-state index in [1.165, 1.54) is 44.2 Å². The zero-order valence-electron chi connectivity index (χ0n) is 17.0. The van der Waals surface area contributed by atoms with Crippen LogP contribution in [0.15, 0.2) is 30.3 Å². The number of benzene rings is 1. The summed E-state index contributed by atoms with van der Waals surface area (Å²) in [5.74, 6) is -2.97. The molecule has 0 aromatic heterocycles. The van der Waals surface area contributed by atoms with Crippen LogP contribution in [-0.4, -0.2) is 70.6 Å². The normalized spacial score (nSPS) is 19.7. The van der Waals surface area contributed by atoms with Crippen LogP contribution in [0.25, 0.3) is 0 Å². The molecule has 0 saturated carbocycles. The van der Waals surface area contributed by atoms with E-state index in [0.717, 1.165) is 39.0 Å². The van der Waals surface area contributed by atoms with Gasteiger partial charge in [0.2, 0.25) is 5.91 Å². The predicted octanol–water partition coefficient (Wildman–Crippen LogP) is 2.50. The van der Waals surface area contributed by atoms with Gasteiger partial charge < -0.3 is 20.0 Å². The standard InChI is InChI=1S/C20H30N2O.C2H2O4/c23-20(22-15-5-2-6-16-22)19-12-8-14-21(17-19)13-7-11-18-9-3-1-4-10-18;3-1(4)2(5)6/h1,3-4,9-10,19H,2,5-8,11-17H2;(H,3,4)(H,5,6). The number of piperidine rings is 2. The van der Waals surface area contributed by atoms with Gasteiger partial charge in [0.1, 0.15) is 0 Å². The van der Waals surface area contributed by atoms with E-state index in [9.17, 15) is 4.79 Å². The van der Waals surface area contributed by atoms with E-state index < -0.39 is 11.9 Å². The van der Waals surface area contributed by atoms with Gasteiger partial charge in [-0.25, -0.2) is 9.59 Å². The maximum Gasteiger partial charge on any atom is 0.414 e. The van der Waals surface area contributed by atoms with E-state index >= 15 is 0 Å². The molecule has 1 aromatic carbocycles. The van der Waals surface area contributed by atoms with Gasteiger partial charge in [0, 0.05) is 19.6 Å². The summed E-state index contributed by atoms with van der Waals surface area (Å²) in [6.07, 6.45) is 8.27. The molecule has 160 valence electrons. The monoisotopic (exact) mass is 404 g/mol. The summed E-state index contributed by atoms with van der Waals surface area (Å²) in [5, 5.41) is 14.8. The number of carboxylic acid groups (broad SMARTS) is 2. The largest absolute Gasteiger partial charge is 0.473 e. The van der Waals surface area contributed by atoms with Crippen LogP contribution in [-0.2, 0) is 20.8 Å². The Labute approximate surface area is 172 Å². The average molecular weight is 405 g/mol. The molecular weight excluding hydrogens is 372 g/mol. The highest BCUT2D eigenvalue weighted by Crippen LogP contribution is 2.21. The van der Waals surface area contributed by atoms with E-state index in [1.807, 2.05) is 0 Å². The first-order chi connectivity index (χ1) is 14.0. The molecule has 3 rings (SSSR count). The molecule has 2 heterocycles. The van der Waals surface area contributed by atoms with Crippen LogP contribution in [0.2, 0.25) is 0 Å². The summed E-state index contributed by atoms with van der Waals surface area (Å²) in [6.45, 7) is 5.24. The fraction of sp³-hybridized carbons (Fsp3) is 0.591. The first-order valence-electron chi connectivity index (χ1n) is 10.5. The van der Waals surface area contributed by atoms with Crippen LogP contribution in [0.4, 0.5) is 0 Å². The molecule has 2 aliphatic heterocycles. The number of carboxylic acids is 2. The molecule has 2 N–H and O–H groups in total. The number of rotatable bonds is 5. The van der Waals surface area contributed by atoms with Gasteiger partial charge in [-0.2, -0.15) is 0 Å². The number of likely N-dealkylation sites (tertiary alicyclic amines) is 2. The second kappa shape index (κ2) is 12.2. The summed E-state index contributed by atoms with van der Waals surface area (Å²) in [4.78, 5) is 35.5. The van der Waals surface area contributed by atoms with Crippen molar-refractivity contribution < 1.29 is 24.6 Å². The SMILES string of the molecule is O=C(C1CCCN(CCCc2ccccc2)C1)N1CCCCC1.O=C(O)C(=O)O. The maximum absolute atomic E-state index is 12.7. The molecule has 1 amide bonds. The molecule has 0 radical (unpaired) electrons. The van der Waals surface area contributed by atoms with E-state index in [4.69, 9.17) is 19.8 Å². The molecule has 2 aliphatic rings. The molecule has 2 fully saturated rings. The van der Waals surface area contributed by atoms with Gasteiger partial charge in [-0.3, -0.25) is 4.79 Å². The summed E-state index contributed by atoms with van der Waals surface area (Å²) < 4.78 is 0. The third-order valence-corrected chi connectivity index (χ3v) is 5.49. The highest BCUT2D eigenvalue weighted by atomic mass is 16.4. The number of carbonyl (C=O) groups is 3. The van der Waals surface area contributed by atoms with Crippen LogP contribution in [0.1, 0.15) is 44.1 Å². The third kappa shape index (κ3) is 8.23. The minimum absolute atomic E-state index is 0.249. The van der Waals surface area contributed by atoms with Crippen molar-refractivity contribution >= 4 is 17.8 Å². The summed E-state index contributed by atoms with van der Waals surface area (Å²) >= 11 is 0. The Morgan fingerprint density at radius 3 is 2.17 bits per heavy atom. The lowest BCUT2D eigenvalue weighted by atomic mass is 9.95. The number of hydrogen-bond donors (Lipinski definition) is 2. The van der Waals surface area contributed by atoms with Crippen molar-refractivity contribution in [3.05, 3.63) is 35.9 Å². The fourth-order valence-electron chi connectivity index (χ4n) is 3.98. The Bertz CT molecular complexity index is 646. The van der Waals surface area contributed by atoms with Crippen molar-refractivity contribution in [3.63, 3.8) is 0 Å². The fourth-order valence-corrected chi connectivity index (χ4v) is 3.98. The quantitative estimate of drug-likeness (QED) is 0.732. The van der Waals surface area contributed by atoms with Crippen LogP contribution < -0.4 is 0 Å². The molecule has 0 bridgehead atoms. The van der Waals surface area contributed by atoms with E-state index in [-0.39, 0.29) is 5.92 Å². The Kier molecular flexibility index (Phi) is 9.64. The molecule has 7 heteroatoms. The second-order valence-corrected chi connectivity index (χ2v) is 7.73. The van der Waals surface area contributed by atoms with E-state index in [0.29, 0.717) is 5.91 Å². The predicted molar refractivity (Wildman–Crippen MR) is 110 cm³/mol. The van der Waals surface area contributed by atoms with Gasteiger partial charge in [-0.05, 0) is 63.6 Å².